The first-order valence-electron chi connectivity index (χ1n) is 8.54. The fourth-order valence-corrected chi connectivity index (χ4v) is 2.98. The van der Waals surface area contributed by atoms with Crippen molar-refractivity contribution in [3.05, 3.63) is 60.2 Å². The zero-order chi connectivity index (χ0) is 18.7. The molecule has 1 saturated heterocycles. The van der Waals surface area contributed by atoms with Gasteiger partial charge in [0.1, 0.15) is 24.5 Å². The largest absolute Gasteiger partial charge is 0.491 e. The number of anilines is 1. The second-order valence-corrected chi connectivity index (χ2v) is 6.39. The van der Waals surface area contributed by atoms with Gasteiger partial charge in [0.15, 0.2) is 0 Å². The number of aliphatic hydroxyl groups excluding tert-OH is 1. The zero-order valence-electron chi connectivity index (χ0n) is 14.8. The van der Waals surface area contributed by atoms with E-state index >= 15 is 0 Å². The number of imide groups is 1. The number of para-hydroxylation sites is 1. The van der Waals surface area contributed by atoms with E-state index in [1.807, 2.05) is 43.3 Å². The fourth-order valence-electron chi connectivity index (χ4n) is 2.98. The second kappa shape index (κ2) is 7.58. The molecule has 3 rings (SSSR count). The molecule has 1 aliphatic heterocycles. The van der Waals surface area contributed by atoms with Crippen molar-refractivity contribution in [2.45, 2.75) is 26.0 Å². The molecular formula is C20H22N2O4. The first-order valence-corrected chi connectivity index (χ1v) is 8.54. The van der Waals surface area contributed by atoms with Crippen molar-refractivity contribution in [2.75, 3.05) is 18.1 Å². The van der Waals surface area contributed by atoms with Gasteiger partial charge in [-0.15, -0.1) is 0 Å². The minimum Gasteiger partial charge on any atom is -0.491 e. The summed E-state index contributed by atoms with van der Waals surface area (Å²) in [4.78, 5) is 27.7. The molecule has 1 heterocycles. The first kappa shape index (κ1) is 17.9. The van der Waals surface area contributed by atoms with Crippen LogP contribution < -0.4 is 9.64 Å². The lowest BCUT2D eigenvalue weighted by Crippen LogP contribution is -2.40. The molecule has 3 amide bonds. The molecule has 0 radical (unpaired) electrons. The Hall–Kier alpha value is -2.86. The molecule has 1 N–H and O–H groups in total. The Kier molecular flexibility index (Phi) is 5.23. The predicted octanol–water partition coefficient (Wildman–Crippen LogP) is 2.59. The monoisotopic (exact) mass is 354 g/mol. The maximum absolute atomic E-state index is 12.7. The van der Waals surface area contributed by atoms with Gasteiger partial charge in [0.25, 0.3) is 5.91 Å². The molecule has 6 nitrogen and oxygen atoms in total. The molecular weight excluding hydrogens is 332 g/mol. The molecule has 136 valence electrons. The van der Waals surface area contributed by atoms with Crippen LogP contribution in [0.2, 0.25) is 0 Å². The number of nitrogens with zero attached hydrogens (tertiary/aromatic N) is 2. The van der Waals surface area contributed by atoms with Crippen LogP contribution in [0, 0.1) is 6.92 Å². The molecule has 0 spiro atoms. The molecule has 26 heavy (non-hydrogen) atoms. The van der Waals surface area contributed by atoms with E-state index in [4.69, 9.17) is 4.74 Å². The molecule has 0 aromatic heterocycles. The van der Waals surface area contributed by atoms with Gasteiger partial charge in [-0.05, 0) is 43.7 Å². The van der Waals surface area contributed by atoms with Crippen LogP contribution in [0.3, 0.4) is 0 Å². The van der Waals surface area contributed by atoms with E-state index in [1.165, 1.54) is 4.90 Å². The second-order valence-electron chi connectivity index (χ2n) is 6.39. The number of β-amino-alcohol motifs (C(OH)–C–C–N with tert-alkyl or cyclic N) is 1. The normalized spacial score (nSPS) is 18.3. The van der Waals surface area contributed by atoms with E-state index in [0.29, 0.717) is 11.4 Å². The quantitative estimate of drug-likeness (QED) is 0.810. The molecule has 2 atom stereocenters. The topological polar surface area (TPSA) is 70.1 Å². The Bertz CT molecular complexity index is 793. The van der Waals surface area contributed by atoms with Crippen LogP contribution in [0.4, 0.5) is 10.5 Å². The van der Waals surface area contributed by atoms with Crippen LogP contribution in [-0.2, 0) is 4.79 Å². The van der Waals surface area contributed by atoms with Gasteiger partial charge in [-0.1, -0.05) is 30.3 Å². The summed E-state index contributed by atoms with van der Waals surface area (Å²) in [5.74, 6) is 0.316. The van der Waals surface area contributed by atoms with Crippen molar-refractivity contribution in [3.8, 4) is 5.75 Å². The Morgan fingerprint density at radius 3 is 2.54 bits per heavy atom. The Morgan fingerprint density at radius 1 is 1.12 bits per heavy atom. The molecule has 0 unspecified atom stereocenters. The Morgan fingerprint density at radius 2 is 1.85 bits per heavy atom. The van der Waals surface area contributed by atoms with Gasteiger partial charge < -0.3 is 9.84 Å². The van der Waals surface area contributed by atoms with Crippen molar-refractivity contribution in [3.63, 3.8) is 0 Å². The van der Waals surface area contributed by atoms with Gasteiger partial charge in [-0.3, -0.25) is 14.6 Å². The highest BCUT2D eigenvalue weighted by Gasteiger charge is 2.43. The van der Waals surface area contributed by atoms with Crippen molar-refractivity contribution in [1.29, 1.82) is 0 Å². The van der Waals surface area contributed by atoms with E-state index in [-0.39, 0.29) is 19.1 Å². The molecule has 1 aliphatic rings. The molecule has 0 saturated carbocycles. The number of hydrogen-bond acceptors (Lipinski definition) is 4. The number of amides is 3. The van der Waals surface area contributed by atoms with Crippen LogP contribution in [0.25, 0.3) is 0 Å². The third-order valence-corrected chi connectivity index (χ3v) is 4.31. The molecule has 0 bridgehead atoms. The van der Waals surface area contributed by atoms with E-state index in [9.17, 15) is 14.7 Å². The molecule has 0 aliphatic carbocycles. The number of benzene rings is 2. The third kappa shape index (κ3) is 3.70. The van der Waals surface area contributed by atoms with Gasteiger partial charge in [0.2, 0.25) is 0 Å². The van der Waals surface area contributed by atoms with E-state index < -0.39 is 18.2 Å². The summed E-state index contributed by atoms with van der Waals surface area (Å²) >= 11 is 0. The molecule has 6 heteroatoms. The zero-order valence-corrected chi connectivity index (χ0v) is 14.8. The Labute approximate surface area is 152 Å². The van der Waals surface area contributed by atoms with Crippen LogP contribution in [0.1, 0.15) is 12.5 Å². The summed E-state index contributed by atoms with van der Waals surface area (Å²) in [5.41, 5.74) is 1.71. The Balaban J connectivity index is 1.63. The van der Waals surface area contributed by atoms with Gasteiger partial charge in [-0.2, -0.15) is 0 Å². The van der Waals surface area contributed by atoms with E-state index in [0.717, 1.165) is 10.5 Å². The first-order chi connectivity index (χ1) is 12.5. The van der Waals surface area contributed by atoms with Gasteiger partial charge in [0.05, 0.1) is 6.54 Å². The minimum atomic E-state index is -0.966. The molecule has 1 fully saturated rings. The van der Waals surface area contributed by atoms with Gasteiger partial charge in [0, 0.05) is 5.69 Å². The highest BCUT2D eigenvalue weighted by Crippen LogP contribution is 2.25. The van der Waals surface area contributed by atoms with Crippen LogP contribution in [0.5, 0.6) is 5.75 Å². The summed E-state index contributed by atoms with van der Waals surface area (Å²) in [5, 5.41) is 10.2. The number of urea groups is 1. The number of rotatable bonds is 6. The summed E-state index contributed by atoms with van der Waals surface area (Å²) in [6, 6.07) is 15.5. The van der Waals surface area contributed by atoms with Crippen molar-refractivity contribution in [1.82, 2.24) is 4.90 Å². The highest BCUT2D eigenvalue weighted by molar-refractivity contribution is 6.14. The summed E-state index contributed by atoms with van der Waals surface area (Å²) in [7, 11) is 0. The standard InChI is InChI=1S/C20H22N2O4/c1-14-7-6-10-18(11-14)26-13-17(23)12-21-19(24)15(2)22(20(21)25)16-8-4-3-5-9-16/h3-11,15,17,23H,12-13H2,1-2H3/t15-,17+/m1/s1. The summed E-state index contributed by atoms with van der Waals surface area (Å²) in [6.45, 7) is 3.53. The fraction of sp³-hybridized carbons (Fsp3) is 0.300. The predicted molar refractivity (Wildman–Crippen MR) is 98.2 cm³/mol. The summed E-state index contributed by atoms with van der Waals surface area (Å²) in [6.07, 6.45) is -0.966. The van der Waals surface area contributed by atoms with Crippen LogP contribution in [0.15, 0.2) is 54.6 Å². The third-order valence-electron chi connectivity index (χ3n) is 4.31. The van der Waals surface area contributed by atoms with E-state index in [1.54, 1.807) is 25.1 Å². The minimum absolute atomic E-state index is 0.000229. The summed E-state index contributed by atoms with van der Waals surface area (Å²) < 4.78 is 5.55. The van der Waals surface area contributed by atoms with Crippen molar-refractivity contribution < 1.29 is 19.4 Å². The van der Waals surface area contributed by atoms with Crippen molar-refractivity contribution in [2.24, 2.45) is 0 Å². The maximum atomic E-state index is 12.7. The smallest absolute Gasteiger partial charge is 0.332 e. The van der Waals surface area contributed by atoms with E-state index in [2.05, 4.69) is 0 Å². The van der Waals surface area contributed by atoms with Crippen molar-refractivity contribution >= 4 is 17.6 Å². The number of ether oxygens (including phenoxy) is 1. The lowest BCUT2D eigenvalue weighted by atomic mass is 10.2. The number of hydrogen-bond donors (Lipinski definition) is 1. The van der Waals surface area contributed by atoms with Crippen LogP contribution in [-0.4, -0.2) is 47.2 Å². The highest BCUT2D eigenvalue weighted by atomic mass is 16.5. The molecule has 2 aromatic carbocycles. The SMILES string of the molecule is Cc1cccc(OC[C@@H](O)CN2C(=O)[C@@H](C)N(c3ccccc3)C2=O)c1. The number of carbonyl (C=O) groups excluding carboxylic acids is 2. The lowest BCUT2D eigenvalue weighted by Gasteiger charge is -2.20. The number of aliphatic hydroxyl groups is 1. The average Bonchev–Trinajstić information content (AvgIpc) is 2.84. The van der Waals surface area contributed by atoms with Gasteiger partial charge >= 0.3 is 6.03 Å². The van der Waals surface area contributed by atoms with Crippen LogP contribution >= 0.6 is 0 Å². The average molecular weight is 354 g/mol. The lowest BCUT2D eigenvalue weighted by molar-refractivity contribution is -0.128. The number of carbonyl (C=O) groups is 2. The number of aryl methyl sites for hydroxylation is 1. The molecule has 2 aromatic rings. The van der Waals surface area contributed by atoms with Gasteiger partial charge in [-0.25, -0.2) is 4.79 Å². The maximum Gasteiger partial charge on any atom is 0.332 e.